The van der Waals surface area contributed by atoms with E-state index in [9.17, 15) is 4.79 Å². The Labute approximate surface area is 39.8 Å². The van der Waals surface area contributed by atoms with Crippen LogP contribution in [-0.2, 0) is 4.79 Å². The van der Waals surface area contributed by atoms with Gasteiger partial charge in [-0.2, -0.15) is 0 Å². The number of nitrogens with one attached hydrogen (secondary N) is 1. The molecule has 0 rings (SSSR count). The number of nitrogens with two attached hydrogens (primary N) is 1. The maximum Gasteiger partial charge on any atom is 0.279 e. The lowest BCUT2D eigenvalue weighted by atomic mass is 10.7. The van der Waals surface area contributed by atoms with Crippen LogP contribution in [0.25, 0.3) is 0 Å². The van der Waals surface area contributed by atoms with E-state index in [4.69, 9.17) is 5.21 Å². The minimum atomic E-state index is -0.637. The van der Waals surface area contributed by atoms with Gasteiger partial charge in [0.05, 0.1) is 0 Å². The highest BCUT2D eigenvalue weighted by Gasteiger charge is 1.85. The van der Waals surface area contributed by atoms with Gasteiger partial charge in [0.1, 0.15) is 6.21 Å². The van der Waals surface area contributed by atoms with E-state index in [2.05, 4.69) is 11.0 Å². The first-order valence-electron chi connectivity index (χ1n) is 1.49. The number of nitrogens with zero attached hydrogens (tertiary/aromatic N) is 1. The number of amides is 1. The molecule has 5 nitrogen and oxygen atoms in total. The smallest absolute Gasteiger partial charge is 0.279 e. The SMILES string of the molecule is NNC(=O)/C=N/O. The van der Waals surface area contributed by atoms with E-state index in [1.165, 1.54) is 0 Å². The van der Waals surface area contributed by atoms with Gasteiger partial charge in [-0.1, -0.05) is 5.16 Å². The van der Waals surface area contributed by atoms with Crippen LogP contribution >= 0.6 is 0 Å². The molecule has 0 bridgehead atoms. The molecule has 4 N–H and O–H groups in total. The molecule has 0 aliphatic heterocycles. The molecule has 0 aromatic carbocycles. The largest absolute Gasteiger partial charge is 0.411 e. The summed E-state index contributed by atoms with van der Waals surface area (Å²) in [4.78, 5) is 9.87. The summed E-state index contributed by atoms with van der Waals surface area (Å²) in [6.45, 7) is 0. The number of oxime groups is 1. The third-order valence-corrected chi connectivity index (χ3v) is 0.317. The molecule has 0 atom stereocenters. The molecule has 0 fully saturated rings. The van der Waals surface area contributed by atoms with Gasteiger partial charge in [-0.25, -0.2) is 5.84 Å². The third-order valence-electron chi connectivity index (χ3n) is 0.317. The van der Waals surface area contributed by atoms with E-state index in [-0.39, 0.29) is 0 Å². The number of carbonyl (C=O) groups is 1. The van der Waals surface area contributed by atoms with Gasteiger partial charge in [-0.3, -0.25) is 10.2 Å². The van der Waals surface area contributed by atoms with Gasteiger partial charge in [0.25, 0.3) is 5.91 Å². The van der Waals surface area contributed by atoms with Gasteiger partial charge in [0.2, 0.25) is 0 Å². The first-order valence-corrected chi connectivity index (χ1v) is 1.49. The predicted octanol–water partition coefficient (Wildman–Crippen LogP) is -1.56. The van der Waals surface area contributed by atoms with Gasteiger partial charge in [0.15, 0.2) is 0 Å². The van der Waals surface area contributed by atoms with Crippen molar-refractivity contribution in [2.45, 2.75) is 0 Å². The van der Waals surface area contributed by atoms with Crippen LogP contribution in [0.15, 0.2) is 5.16 Å². The second-order valence-corrected chi connectivity index (χ2v) is 0.753. The van der Waals surface area contributed by atoms with Crippen LogP contribution in [0.4, 0.5) is 0 Å². The number of rotatable bonds is 1. The van der Waals surface area contributed by atoms with Crippen LogP contribution in [0.3, 0.4) is 0 Å². The van der Waals surface area contributed by atoms with Gasteiger partial charge in [-0.15, -0.1) is 0 Å². The summed E-state index contributed by atoms with van der Waals surface area (Å²) in [5.74, 6) is 3.92. The molecule has 5 heteroatoms. The quantitative estimate of drug-likeness (QED) is 0.123. The van der Waals surface area contributed by atoms with E-state index >= 15 is 0 Å². The molecule has 0 saturated heterocycles. The fourth-order valence-corrected chi connectivity index (χ4v) is 0.0897. The molecule has 0 aliphatic carbocycles. The van der Waals surface area contributed by atoms with Gasteiger partial charge >= 0.3 is 0 Å². The normalized spacial score (nSPS) is 9.29. The summed E-state index contributed by atoms with van der Waals surface area (Å²) < 4.78 is 0. The number of hydrogen-bond acceptors (Lipinski definition) is 4. The van der Waals surface area contributed by atoms with Crippen molar-refractivity contribution in [3.05, 3.63) is 0 Å². The van der Waals surface area contributed by atoms with Crippen molar-refractivity contribution in [1.82, 2.24) is 5.43 Å². The molecule has 0 aliphatic rings. The van der Waals surface area contributed by atoms with E-state index < -0.39 is 5.91 Å². The Morgan fingerprint density at radius 3 is 2.71 bits per heavy atom. The molecule has 1 amide bonds. The summed E-state index contributed by atoms with van der Waals surface area (Å²) in [6, 6.07) is 0. The summed E-state index contributed by atoms with van der Waals surface area (Å²) in [5, 5.41) is 10.0. The first kappa shape index (κ1) is 5.90. The summed E-state index contributed by atoms with van der Waals surface area (Å²) >= 11 is 0. The zero-order chi connectivity index (χ0) is 5.70. The number of hydrazine groups is 1. The molecule has 0 aromatic heterocycles. The van der Waals surface area contributed by atoms with E-state index in [1.54, 1.807) is 5.43 Å². The van der Waals surface area contributed by atoms with Crippen LogP contribution in [0.2, 0.25) is 0 Å². The highest BCUT2D eigenvalue weighted by Crippen LogP contribution is 1.49. The molecule has 40 valence electrons. The van der Waals surface area contributed by atoms with Crippen molar-refractivity contribution in [3.63, 3.8) is 0 Å². The standard InChI is InChI=1S/C2H5N3O2/c3-5-2(6)1-4-7/h1,7H,3H2,(H,5,6)/b4-1+. The van der Waals surface area contributed by atoms with E-state index in [0.29, 0.717) is 6.21 Å². The predicted molar refractivity (Wildman–Crippen MR) is 22.6 cm³/mol. The van der Waals surface area contributed by atoms with Crippen molar-refractivity contribution >= 4 is 12.1 Å². The number of carbonyl (C=O) groups excluding carboxylic acids is 1. The summed E-state index contributed by atoms with van der Waals surface area (Å²) in [5.41, 5.74) is 1.72. The molecular formula is C2H5N3O2. The fraction of sp³-hybridized carbons (Fsp3) is 0. The van der Waals surface area contributed by atoms with Crippen LogP contribution in [0.5, 0.6) is 0 Å². The molecule has 0 saturated carbocycles. The molecule has 0 heterocycles. The van der Waals surface area contributed by atoms with Crippen LogP contribution in [-0.4, -0.2) is 17.3 Å². The van der Waals surface area contributed by atoms with Crippen molar-refractivity contribution in [3.8, 4) is 0 Å². The second-order valence-electron chi connectivity index (χ2n) is 0.753. The van der Waals surface area contributed by atoms with Crippen molar-refractivity contribution in [2.24, 2.45) is 11.0 Å². The lowest BCUT2D eigenvalue weighted by Crippen LogP contribution is -2.30. The molecule has 0 radical (unpaired) electrons. The van der Waals surface area contributed by atoms with Gasteiger partial charge in [0, 0.05) is 0 Å². The zero-order valence-electron chi connectivity index (χ0n) is 3.46. The lowest BCUT2D eigenvalue weighted by Gasteiger charge is -1.83. The van der Waals surface area contributed by atoms with Crippen LogP contribution in [0, 0.1) is 0 Å². The Morgan fingerprint density at radius 2 is 2.57 bits per heavy atom. The van der Waals surface area contributed by atoms with Crippen LogP contribution < -0.4 is 11.3 Å². The van der Waals surface area contributed by atoms with Crippen molar-refractivity contribution in [2.75, 3.05) is 0 Å². The highest BCUT2D eigenvalue weighted by atomic mass is 16.4. The minimum absolute atomic E-state index is 0.637. The maximum atomic E-state index is 9.87. The molecule has 0 spiro atoms. The van der Waals surface area contributed by atoms with Crippen molar-refractivity contribution < 1.29 is 10.0 Å². The average molecular weight is 103 g/mol. The minimum Gasteiger partial charge on any atom is -0.411 e. The molecule has 0 unspecified atom stereocenters. The topological polar surface area (TPSA) is 87.7 Å². The Balaban J connectivity index is 3.37. The van der Waals surface area contributed by atoms with E-state index in [1.807, 2.05) is 0 Å². The third kappa shape index (κ3) is 2.71. The highest BCUT2D eigenvalue weighted by molar-refractivity contribution is 6.25. The van der Waals surface area contributed by atoms with Gasteiger partial charge in [-0.05, 0) is 0 Å². The van der Waals surface area contributed by atoms with Gasteiger partial charge < -0.3 is 5.21 Å². The maximum absolute atomic E-state index is 9.87. The Bertz CT molecular complexity index is 88.9. The number of hydrogen-bond donors (Lipinski definition) is 3. The Hall–Kier alpha value is -1.10. The first-order chi connectivity index (χ1) is 3.31. The monoisotopic (exact) mass is 103 g/mol. The molecular weight excluding hydrogens is 98.0 g/mol. The zero-order valence-corrected chi connectivity index (χ0v) is 3.46. The second kappa shape index (κ2) is 3.10. The van der Waals surface area contributed by atoms with E-state index in [0.717, 1.165) is 0 Å². The fourth-order valence-electron chi connectivity index (χ4n) is 0.0897. The van der Waals surface area contributed by atoms with Crippen LogP contribution in [0.1, 0.15) is 0 Å². The Morgan fingerprint density at radius 1 is 2.00 bits per heavy atom. The Kier molecular flexibility index (Phi) is 2.62. The summed E-state index contributed by atoms with van der Waals surface area (Å²) in [7, 11) is 0. The lowest BCUT2D eigenvalue weighted by molar-refractivity contribution is -0.114. The van der Waals surface area contributed by atoms with Crippen molar-refractivity contribution in [1.29, 1.82) is 0 Å². The molecule has 7 heavy (non-hydrogen) atoms. The summed E-state index contributed by atoms with van der Waals surface area (Å²) in [6.07, 6.45) is 0.653. The molecule has 0 aromatic rings. The average Bonchev–Trinajstić information content (AvgIpc) is 1.68.